The fourth-order valence-corrected chi connectivity index (χ4v) is 3.98. The van der Waals surface area contributed by atoms with Crippen molar-refractivity contribution in [2.75, 3.05) is 7.11 Å². The number of hydrogen-bond acceptors (Lipinski definition) is 9. The molecule has 2 heterocycles. The molecule has 0 saturated carbocycles. The Kier molecular flexibility index (Phi) is 6.59. The molecule has 0 amide bonds. The van der Waals surface area contributed by atoms with Gasteiger partial charge in [-0.2, -0.15) is 0 Å². The first-order valence-corrected chi connectivity index (χ1v) is 10.4. The molecule has 0 spiro atoms. The maximum Gasteiger partial charge on any atom is 0.341 e. The zero-order valence-corrected chi connectivity index (χ0v) is 18.8. The van der Waals surface area contributed by atoms with Gasteiger partial charge in [0.1, 0.15) is 6.10 Å². The lowest BCUT2D eigenvalue weighted by atomic mass is 9.83. The van der Waals surface area contributed by atoms with E-state index in [1.54, 1.807) is 26.0 Å². The van der Waals surface area contributed by atoms with Crippen LogP contribution in [0.15, 0.2) is 35.5 Å². The highest BCUT2D eigenvalue weighted by Gasteiger charge is 2.59. The van der Waals surface area contributed by atoms with Crippen molar-refractivity contribution in [1.82, 2.24) is 0 Å². The van der Waals surface area contributed by atoms with Crippen LogP contribution in [-0.2, 0) is 42.9 Å². The number of methoxy groups -OCH3 is 1. The van der Waals surface area contributed by atoms with E-state index in [0.717, 1.165) is 5.57 Å². The van der Waals surface area contributed by atoms with Gasteiger partial charge in [-0.05, 0) is 39.7 Å². The topological polar surface area (TPSA) is 118 Å². The lowest BCUT2D eigenvalue weighted by Crippen LogP contribution is -2.47. The molecule has 9 nitrogen and oxygen atoms in total. The smallest absolute Gasteiger partial charge is 0.341 e. The summed E-state index contributed by atoms with van der Waals surface area (Å²) in [6.45, 7) is 10.2. The van der Waals surface area contributed by atoms with Gasteiger partial charge in [0, 0.05) is 12.5 Å². The van der Waals surface area contributed by atoms with Crippen molar-refractivity contribution >= 4 is 23.9 Å². The molecular formula is C23H28O9. The molecule has 0 aromatic heterocycles. The third-order valence-electron chi connectivity index (χ3n) is 6.07. The van der Waals surface area contributed by atoms with Gasteiger partial charge < -0.3 is 23.7 Å². The molecule has 32 heavy (non-hydrogen) atoms. The molecule has 0 aromatic rings. The van der Waals surface area contributed by atoms with Crippen LogP contribution in [0.2, 0.25) is 0 Å². The van der Waals surface area contributed by atoms with Crippen molar-refractivity contribution in [1.29, 1.82) is 0 Å². The molecule has 2 saturated heterocycles. The lowest BCUT2D eigenvalue weighted by molar-refractivity contribution is -0.173. The third-order valence-corrected chi connectivity index (χ3v) is 6.07. The molecule has 0 aromatic carbocycles. The number of rotatable bonds is 4. The summed E-state index contributed by atoms with van der Waals surface area (Å²) in [5, 5.41) is 0. The fourth-order valence-electron chi connectivity index (χ4n) is 3.98. The van der Waals surface area contributed by atoms with Gasteiger partial charge >= 0.3 is 23.9 Å². The SMILES string of the molecule is C=C1C(=O)O[C@@H]2/C=C(/C)CC/C=C(/C(=O)OC)[C@H](OC(C)=O)[C@H](OC(=O)[C@]3(C)O[C@@H]3C)[C@H]12. The second-order valence-electron chi connectivity index (χ2n) is 8.39. The lowest BCUT2D eigenvalue weighted by Gasteiger charge is -2.33. The molecule has 3 aliphatic rings. The van der Waals surface area contributed by atoms with Gasteiger partial charge in [-0.15, -0.1) is 0 Å². The van der Waals surface area contributed by atoms with E-state index in [1.807, 2.05) is 6.92 Å². The molecule has 0 radical (unpaired) electrons. The Bertz CT molecular complexity index is 914. The molecule has 9 heteroatoms. The Morgan fingerprint density at radius 1 is 1.25 bits per heavy atom. The molecule has 3 rings (SSSR count). The summed E-state index contributed by atoms with van der Waals surface area (Å²) in [5.41, 5.74) is -0.216. The highest BCUT2D eigenvalue weighted by molar-refractivity contribution is 5.93. The van der Waals surface area contributed by atoms with Gasteiger partial charge in [0.05, 0.1) is 24.7 Å². The molecule has 1 aliphatic carbocycles. The predicted octanol–water partition coefficient (Wildman–Crippen LogP) is 1.94. The average Bonchev–Trinajstić information content (AvgIpc) is 3.25. The van der Waals surface area contributed by atoms with E-state index in [9.17, 15) is 19.2 Å². The van der Waals surface area contributed by atoms with Gasteiger partial charge in [0.2, 0.25) is 0 Å². The van der Waals surface area contributed by atoms with Crippen LogP contribution in [0.3, 0.4) is 0 Å². The van der Waals surface area contributed by atoms with Crippen LogP contribution in [0.25, 0.3) is 0 Å². The Morgan fingerprint density at radius 3 is 2.47 bits per heavy atom. The zero-order chi connectivity index (χ0) is 23.8. The average molecular weight is 448 g/mol. The molecule has 174 valence electrons. The number of epoxide rings is 1. The van der Waals surface area contributed by atoms with Gasteiger partial charge in [0.15, 0.2) is 17.8 Å². The van der Waals surface area contributed by atoms with Crippen molar-refractivity contribution < 1.29 is 42.9 Å². The number of fused-ring (bicyclic) bond motifs is 1. The Morgan fingerprint density at radius 2 is 1.91 bits per heavy atom. The summed E-state index contributed by atoms with van der Waals surface area (Å²) in [6, 6.07) is 0. The molecular weight excluding hydrogens is 420 g/mol. The van der Waals surface area contributed by atoms with Gasteiger partial charge in [-0.1, -0.05) is 18.2 Å². The van der Waals surface area contributed by atoms with E-state index in [2.05, 4.69) is 6.58 Å². The van der Waals surface area contributed by atoms with Crippen LogP contribution in [0.5, 0.6) is 0 Å². The first-order valence-electron chi connectivity index (χ1n) is 10.4. The standard InChI is InChI=1S/C23H28O9/c1-11-8-7-9-15(21(26)28-6)18(29-14(4)24)19(31-22(27)23(5)13(3)32-23)17-12(2)20(25)30-16(17)10-11/h9-10,13,16-19H,2,7-8H2,1,3-6H3/b11-10-,15-9+/t13-,16-,17-,18+,19-,23-/m1/s1. The first-order chi connectivity index (χ1) is 15.0. The summed E-state index contributed by atoms with van der Waals surface area (Å²) < 4.78 is 27.1. The summed E-state index contributed by atoms with van der Waals surface area (Å²) in [4.78, 5) is 50.0. The second-order valence-corrected chi connectivity index (χ2v) is 8.39. The minimum absolute atomic E-state index is 0.0102. The van der Waals surface area contributed by atoms with Crippen LogP contribution in [-0.4, -0.2) is 61.0 Å². The maximum absolute atomic E-state index is 13.0. The van der Waals surface area contributed by atoms with Crippen LogP contribution < -0.4 is 0 Å². The monoisotopic (exact) mass is 448 g/mol. The van der Waals surface area contributed by atoms with Crippen LogP contribution in [0, 0.1) is 5.92 Å². The van der Waals surface area contributed by atoms with E-state index in [1.165, 1.54) is 14.0 Å². The van der Waals surface area contributed by atoms with E-state index < -0.39 is 53.7 Å². The van der Waals surface area contributed by atoms with Crippen molar-refractivity contribution in [2.24, 2.45) is 5.92 Å². The normalized spacial score (nSPS) is 37.6. The summed E-state index contributed by atoms with van der Waals surface area (Å²) in [5.74, 6) is -3.70. The molecule has 0 unspecified atom stereocenters. The van der Waals surface area contributed by atoms with Crippen molar-refractivity contribution in [3.8, 4) is 0 Å². The van der Waals surface area contributed by atoms with E-state index >= 15 is 0 Å². The number of carbonyl (C=O) groups excluding carboxylic acids is 4. The zero-order valence-electron chi connectivity index (χ0n) is 18.8. The summed E-state index contributed by atoms with van der Waals surface area (Å²) in [7, 11) is 1.20. The fraction of sp³-hybridized carbons (Fsp3) is 0.565. The second kappa shape index (κ2) is 8.90. The van der Waals surface area contributed by atoms with E-state index in [-0.39, 0.29) is 17.3 Å². The van der Waals surface area contributed by atoms with Crippen molar-refractivity contribution in [3.05, 3.63) is 35.5 Å². The maximum atomic E-state index is 13.0. The largest absolute Gasteiger partial charge is 0.466 e. The molecule has 2 fully saturated rings. The summed E-state index contributed by atoms with van der Waals surface area (Å²) in [6.07, 6.45) is 0.540. The number of carbonyl (C=O) groups is 4. The number of ether oxygens (including phenoxy) is 5. The van der Waals surface area contributed by atoms with E-state index in [0.29, 0.717) is 12.8 Å². The Labute approximate surface area is 186 Å². The van der Waals surface area contributed by atoms with Crippen LogP contribution >= 0.6 is 0 Å². The molecule has 6 atom stereocenters. The molecule has 0 N–H and O–H groups in total. The minimum atomic E-state index is -1.34. The van der Waals surface area contributed by atoms with Crippen molar-refractivity contribution in [2.45, 2.75) is 70.6 Å². The van der Waals surface area contributed by atoms with Crippen LogP contribution in [0.1, 0.15) is 40.5 Å². The Hall–Kier alpha value is -2.94. The Balaban J connectivity index is 2.14. The van der Waals surface area contributed by atoms with Gasteiger partial charge in [-0.3, -0.25) is 4.79 Å². The molecule has 2 aliphatic heterocycles. The van der Waals surface area contributed by atoms with E-state index in [4.69, 9.17) is 23.7 Å². The predicted molar refractivity (Wildman–Crippen MR) is 110 cm³/mol. The molecule has 0 bridgehead atoms. The number of esters is 4. The summed E-state index contributed by atoms with van der Waals surface area (Å²) >= 11 is 0. The van der Waals surface area contributed by atoms with Gasteiger partial charge in [-0.25, -0.2) is 14.4 Å². The first kappa shape index (κ1) is 23.7. The van der Waals surface area contributed by atoms with Crippen LogP contribution in [0.4, 0.5) is 0 Å². The number of allylic oxidation sites excluding steroid dienone is 2. The number of hydrogen-bond donors (Lipinski definition) is 0. The highest BCUT2D eigenvalue weighted by Crippen LogP contribution is 2.41. The van der Waals surface area contributed by atoms with Crippen molar-refractivity contribution in [3.63, 3.8) is 0 Å². The minimum Gasteiger partial charge on any atom is -0.466 e. The highest BCUT2D eigenvalue weighted by atomic mass is 16.7. The quantitative estimate of drug-likeness (QED) is 0.209. The van der Waals surface area contributed by atoms with Gasteiger partial charge in [0.25, 0.3) is 0 Å². The third kappa shape index (κ3) is 4.48.